The van der Waals surface area contributed by atoms with E-state index in [1.54, 1.807) is 24.3 Å². The number of aliphatic carboxylic acids is 1. The van der Waals surface area contributed by atoms with E-state index in [0.717, 1.165) is 6.08 Å². The molecule has 0 radical (unpaired) electrons. The van der Waals surface area contributed by atoms with E-state index >= 15 is 0 Å². The number of rotatable bonds is 1. The number of carboxylic acids is 1. The van der Waals surface area contributed by atoms with E-state index in [9.17, 15) is 15.0 Å². The quantitative estimate of drug-likeness (QED) is 0.496. The van der Waals surface area contributed by atoms with E-state index in [0.29, 0.717) is 10.4 Å². The minimum Gasteiger partial charge on any atom is -0.481 e. The molecule has 78 valence electrons. The van der Waals surface area contributed by atoms with E-state index < -0.39 is 17.7 Å². The van der Waals surface area contributed by atoms with Crippen molar-refractivity contribution >= 4 is 18.1 Å². The molecule has 1 aromatic rings. The normalized spacial score (nSPS) is 22.1. The number of hydrogen-bond donors (Lipinski definition) is 3. The third kappa shape index (κ3) is 1.65. The van der Waals surface area contributed by atoms with Crippen LogP contribution < -0.4 is 10.4 Å². The first kappa shape index (κ1) is 9.89. The largest absolute Gasteiger partial charge is 0.481 e. The maximum Gasteiger partial charge on any atom is 0.316 e. The number of benzene rings is 1. The van der Waals surface area contributed by atoms with Crippen molar-refractivity contribution in [3.63, 3.8) is 0 Å². The van der Waals surface area contributed by atoms with Gasteiger partial charge in [-0.05, 0) is 16.5 Å². The Balaban J connectivity index is 2.69. The molecule has 0 spiro atoms. The molecule has 3 N–H and O–H groups in total. The Hall–Kier alpha value is -1.65. The summed E-state index contributed by atoms with van der Waals surface area (Å²) in [6.07, 6.45) is 2.50. The fourth-order valence-electron chi connectivity index (χ4n) is 1.67. The van der Waals surface area contributed by atoms with Gasteiger partial charge in [-0.1, -0.05) is 30.3 Å². The lowest BCUT2D eigenvalue weighted by Gasteiger charge is -2.25. The lowest BCUT2D eigenvalue weighted by molar-refractivity contribution is -0.167. The summed E-state index contributed by atoms with van der Waals surface area (Å²) in [6.45, 7) is 0. The molecule has 1 aliphatic carbocycles. The predicted octanol–water partition coefficient (Wildman–Crippen LogP) is -1.36. The Kier molecular flexibility index (Phi) is 2.10. The standard InChI is InChI=1S/C11H10O4/c12-10(13)9-5-7-3-1-2-4-8(7)6-11(9,14)15/h1-6,9,14-15H,(H,12,13). The van der Waals surface area contributed by atoms with Crippen LogP contribution in [0.5, 0.6) is 0 Å². The summed E-state index contributed by atoms with van der Waals surface area (Å²) in [6, 6.07) is 6.95. The number of hydrogen-bond acceptors (Lipinski definition) is 3. The molecule has 0 amide bonds. The maximum atomic E-state index is 10.8. The van der Waals surface area contributed by atoms with E-state index in [4.69, 9.17) is 5.11 Å². The summed E-state index contributed by atoms with van der Waals surface area (Å²) < 4.78 is 0. The molecule has 0 heterocycles. The van der Waals surface area contributed by atoms with Crippen LogP contribution in [-0.4, -0.2) is 27.1 Å². The van der Waals surface area contributed by atoms with Crippen molar-refractivity contribution in [2.45, 2.75) is 5.79 Å². The molecule has 0 aliphatic heterocycles. The first-order valence-corrected chi connectivity index (χ1v) is 4.48. The Labute approximate surface area is 85.4 Å². The molecule has 4 heteroatoms. The molecular formula is C11H10O4. The molecule has 1 atom stereocenters. The lowest BCUT2D eigenvalue weighted by Crippen LogP contribution is -2.47. The summed E-state index contributed by atoms with van der Waals surface area (Å²) in [4.78, 5) is 10.8. The molecule has 15 heavy (non-hydrogen) atoms. The van der Waals surface area contributed by atoms with Gasteiger partial charge in [-0.25, -0.2) is 0 Å². The number of aliphatic hydroxyl groups is 2. The predicted molar refractivity (Wildman–Crippen MR) is 52.9 cm³/mol. The number of fused-ring (bicyclic) bond motifs is 1. The van der Waals surface area contributed by atoms with Crippen LogP contribution in [0.3, 0.4) is 0 Å². The second-order valence-corrected chi connectivity index (χ2v) is 3.54. The van der Waals surface area contributed by atoms with Crippen molar-refractivity contribution in [3.8, 4) is 0 Å². The molecule has 0 saturated heterocycles. The van der Waals surface area contributed by atoms with Gasteiger partial charge in [-0.2, -0.15) is 0 Å². The zero-order chi connectivity index (χ0) is 11.1. The fourth-order valence-corrected chi connectivity index (χ4v) is 1.67. The van der Waals surface area contributed by atoms with Gasteiger partial charge in [0.05, 0.1) is 0 Å². The van der Waals surface area contributed by atoms with E-state index in [1.165, 1.54) is 6.08 Å². The summed E-state index contributed by atoms with van der Waals surface area (Å²) in [5.41, 5.74) is 0. The van der Waals surface area contributed by atoms with Crippen molar-refractivity contribution in [3.05, 3.63) is 34.7 Å². The average Bonchev–Trinajstić information content (AvgIpc) is 2.14. The van der Waals surface area contributed by atoms with E-state index in [-0.39, 0.29) is 0 Å². The number of carbonyl (C=O) groups is 1. The lowest BCUT2D eigenvalue weighted by atomic mass is 9.91. The van der Waals surface area contributed by atoms with Gasteiger partial charge < -0.3 is 15.3 Å². The van der Waals surface area contributed by atoms with Crippen molar-refractivity contribution in [2.75, 3.05) is 0 Å². The first-order valence-electron chi connectivity index (χ1n) is 4.48. The summed E-state index contributed by atoms with van der Waals surface area (Å²) in [5.74, 6) is -4.90. The Morgan fingerprint density at radius 1 is 1.20 bits per heavy atom. The van der Waals surface area contributed by atoms with Gasteiger partial charge in [0.15, 0.2) is 0 Å². The average molecular weight is 206 g/mol. The van der Waals surface area contributed by atoms with E-state index in [2.05, 4.69) is 0 Å². The van der Waals surface area contributed by atoms with Crippen LogP contribution in [-0.2, 0) is 4.79 Å². The molecule has 1 unspecified atom stereocenters. The van der Waals surface area contributed by atoms with Gasteiger partial charge >= 0.3 is 5.97 Å². The third-order valence-corrected chi connectivity index (χ3v) is 2.43. The molecule has 1 aliphatic rings. The van der Waals surface area contributed by atoms with Crippen molar-refractivity contribution < 1.29 is 20.1 Å². The molecule has 0 aromatic heterocycles. The molecular weight excluding hydrogens is 196 g/mol. The molecule has 0 fully saturated rings. The van der Waals surface area contributed by atoms with E-state index in [1.807, 2.05) is 0 Å². The molecule has 2 rings (SSSR count). The highest BCUT2D eigenvalue weighted by molar-refractivity contribution is 5.81. The first-order chi connectivity index (χ1) is 7.00. The summed E-state index contributed by atoms with van der Waals surface area (Å²) >= 11 is 0. The van der Waals surface area contributed by atoms with Crippen molar-refractivity contribution in [1.82, 2.24) is 0 Å². The van der Waals surface area contributed by atoms with Crippen LogP contribution in [0, 0.1) is 5.92 Å². The topological polar surface area (TPSA) is 77.8 Å². The monoisotopic (exact) mass is 206 g/mol. The Morgan fingerprint density at radius 2 is 1.80 bits per heavy atom. The van der Waals surface area contributed by atoms with Crippen LogP contribution in [0.4, 0.5) is 0 Å². The molecule has 4 nitrogen and oxygen atoms in total. The molecule has 1 aromatic carbocycles. The summed E-state index contributed by atoms with van der Waals surface area (Å²) in [5, 5.41) is 29.2. The van der Waals surface area contributed by atoms with Gasteiger partial charge in [0.2, 0.25) is 5.79 Å². The number of carboxylic acid groups (broad SMARTS) is 1. The van der Waals surface area contributed by atoms with Gasteiger partial charge in [-0.3, -0.25) is 4.79 Å². The van der Waals surface area contributed by atoms with Crippen LogP contribution in [0.1, 0.15) is 0 Å². The maximum absolute atomic E-state index is 10.8. The second-order valence-electron chi connectivity index (χ2n) is 3.54. The van der Waals surface area contributed by atoms with Crippen LogP contribution in [0.15, 0.2) is 24.3 Å². The van der Waals surface area contributed by atoms with Gasteiger partial charge in [0, 0.05) is 0 Å². The smallest absolute Gasteiger partial charge is 0.316 e. The Morgan fingerprint density at radius 3 is 2.40 bits per heavy atom. The van der Waals surface area contributed by atoms with Crippen LogP contribution >= 0.6 is 0 Å². The van der Waals surface area contributed by atoms with Gasteiger partial charge in [-0.15, -0.1) is 0 Å². The zero-order valence-electron chi connectivity index (χ0n) is 7.79. The third-order valence-electron chi connectivity index (χ3n) is 2.43. The Bertz CT molecular complexity index is 516. The fraction of sp³-hybridized carbons (Fsp3) is 0.182. The van der Waals surface area contributed by atoms with Crippen LogP contribution in [0.25, 0.3) is 12.2 Å². The summed E-state index contributed by atoms with van der Waals surface area (Å²) in [7, 11) is 0. The minimum absolute atomic E-state index is 0.625. The van der Waals surface area contributed by atoms with Crippen molar-refractivity contribution in [2.24, 2.45) is 5.92 Å². The highest BCUT2D eigenvalue weighted by Crippen LogP contribution is 2.19. The SMILES string of the molecule is O=C(O)C1C=c2ccccc2=CC1(O)O. The van der Waals surface area contributed by atoms with Gasteiger partial charge in [0.1, 0.15) is 5.92 Å². The minimum atomic E-state index is -2.32. The zero-order valence-corrected chi connectivity index (χ0v) is 7.79. The van der Waals surface area contributed by atoms with Gasteiger partial charge in [0.25, 0.3) is 0 Å². The highest BCUT2D eigenvalue weighted by atomic mass is 16.5. The molecule has 0 saturated carbocycles. The molecule has 0 bridgehead atoms. The van der Waals surface area contributed by atoms with Crippen molar-refractivity contribution in [1.29, 1.82) is 0 Å². The second kappa shape index (κ2) is 3.18. The highest BCUT2D eigenvalue weighted by Gasteiger charge is 2.37. The van der Waals surface area contributed by atoms with Crippen LogP contribution in [0.2, 0.25) is 0 Å².